The molecule has 1 spiro atoms. The average molecular weight is 384 g/mol. The van der Waals surface area contributed by atoms with Crippen LogP contribution in [0.15, 0.2) is 15.7 Å². The van der Waals surface area contributed by atoms with E-state index in [1.54, 1.807) is 24.8 Å². The van der Waals surface area contributed by atoms with Gasteiger partial charge in [0.2, 0.25) is 11.9 Å². The van der Waals surface area contributed by atoms with Gasteiger partial charge in [0.15, 0.2) is 0 Å². The van der Waals surface area contributed by atoms with Crippen LogP contribution in [0.3, 0.4) is 0 Å². The molecule has 28 heavy (non-hydrogen) atoms. The summed E-state index contributed by atoms with van der Waals surface area (Å²) in [6, 6.07) is 1.79. The van der Waals surface area contributed by atoms with Crippen molar-refractivity contribution < 1.29 is 4.79 Å². The van der Waals surface area contributed by atoms with E-state index in [0.717, 1.165) is 36.2 Å². The number of fused-ring (bicyclic) bond motifs is 2. The number of rotatable bonds is 2. The molecule has 0 aromatic carbocycles. The number of nitrogens with two attached hydrogens (primary N) is 1. The van der Waals surface area contributed by atoms with Crippen LogP contribution in [0.4, 0.5) is 5.95 Å². The van der Waals surface area contributed by atoms with E-state index < -0.39 is 5.69 Å². The highest BCUT2D eigenvalue weighted by Gasteiger charge is 2.44. The predicted molar refractivity (Wildman–Crippen MR) is 103 cm³/mol. The predicted octanol–water partition coefficient (Wildman–Crippen LogP) is 0.0322. The first-order valence-corrected chi connectivity index (χ1v) is 9.51. The maximum atomic E-state index is 12.8. The molecule has 2 aromatic rings. The lowest BCUT2D eigenvalue weighted by Gasteiger charge is -2.39. The molecule has 4 rings (SSSR count). The molecule has 1 aliphatic heterocycles. The number of aryl methyl sites for hydroxylation is 2. The van der Waals surface area contributed by atoms with Crippen molar-refractivity contribution in [3.8, 4) is 0 Å². The van der Waals surface area contributed by atoms with Gasteiger partial charge < -0.3 is 10.6 Å². The Morgan fingerprint density at radius 2 is 1.93 bits per heavy atom. The molecule has 0 radical (unpaired) electrons. The van der Waals surface area contributed by atoms with E-state index in [1.807, 2.05) is 0 Å². The summed E-state index contributed by atoms with van der Waals surface area (Å²) in [6.07, 6.45) is 3.02. The van der Waals surface area contributed by atoms with Gasteiger partial charge in [-0.15, -0.1) is 0 Å². The van der Waals surface area contributed by atoms with Crippen LogP contribution in [0.1, 0.15) is 41.9 Å². The number of anilines is 1. The molecule has 1 fully saturated rings. The summed E-state index contributed by atoms with van der Waals surface area (Å²) in [5.74, 6) is 0.0487. The molecule has 0 unspecified atom stereocenters. The quantitative estimate of drug-likeness (QED) is 0.752. The number of amides is 1. The fourth-order valence-electron chi connectivity index (χ4n) is 4.54. The summed E-state index contributed by atoms with van der Waals surface area (Å²) in [7, 11) is 0. The molecule has 3 heterocycles. The second-order valence-electron chi connectivity index (χ2n) is 7.85. The first-order valence-electron chi connectivity index (χ1n) is 9.51. The van der Waals surface area contributed by atoms with Crippen molar-refractivity contribution in [1.82, 2.24) is 24.4 Å². The number of hydrogen-bond donors (Lipinski definition) is 2. The number of aromatic nitrogens is 4. The first-order chi connectivity index (χ1) is 13.3. The van der Waals surface area contributed by atoms with Gasteiger partial charge in [-0.1, -0.05) is 0 Å². The third kappa shape index (κ3) is 3.00. The number of hydrogen-bond acceptors (Lipinski definition) is 6. The largest absolute Gasteiger partial charge is 0.369 e. The molecular formula is C19H24N6O3. The second-order valence-corrected chi connectivity index (χ2v) is 7.85. The van der Waals surface area contributed by atoms with Crippen molar-refractivity contribution >= 4 is 11.9 Å². The highest BCUT2D eigenvalue weighted by molar-refractivity contribution is 5.76. The Labute approximate surface area is 161 Å². The highest BCUT2D eigenvalue weighted by atomic mass is 16.2. The Kier molecular flexibility index (Phi) is 4.32. The number of aromatic amines is 1. The summed E-state index contributed by atoms with van der Waals surface area (Å²) in [4.78, 5) is 49.7. The van der Waals surface area contributed by atoms with Crippen molar-refractivity contribution in [3.63, 3.8) is 0 Å². The number of piperidine rings is 1. The lowest BCUT2D eigenvalue weighted by Crippen LogP contribution is -2.46. The zero-order chi connectivity index (χ0) is 20.1. The average Bonchev–Trinajstić information content (AvgIpc) is 2.97. The van der Waals surface area contributed by atoms with Crippen molar-refractivity contribution in [2.75, 3.05) is 18.8 Å². The Hall–Kier alpha value is -2.97. The van der Waals surface area contributed by atoms with Crippen LogP contribution in [0.2, 0.25) is 0 Å². The summed E-state index contributed by atoms with van der Waals surface area (Å²) in [5.41, 5.74) is 7.91. The number of carbonyl (C=O) groups excluding carboxylic acids is 1. The number of nitrogen functional groups attached to an aromatic ring is 1. The van der Waals surface area contributed by atoms with Crippen LogP contribution in [-0.2, 0) is 23.2 Å². The van der Waals surface area contributed by atoms with Gasteiger partial charge in [0, 0.05) is 35.5 Å². The molecule has 1 saturated heterocycles. The van der Waals surface area contributed by atoms with Gasteiger partial charge in [-0.2, -0.15) is 4.98 Å². The normalized spacial score (nSPS) is 17.7. The molecule has 1 aliphatic carbocycles. The molecule has 0 saturated carbocycles. The zero-order valence-electron chi connectivity index (χ0n) is 16.1. The second kappa shape index (κ2) is 6.57. The Balaban J connectivity index is 1.50. The van der Waals surface area contributed by atoms with Crippen LogP contribution in [-0.4, -0.2) is 43.4 Å². The van der Waals surface area contributed by atoms with E-state index in [1.165, 1.54) is 4.57 Å². The van der Waals surface area contributed by atoms with Crippen molar-refractivity contribution in [1.29, 1.82) is 0 Å². The maximum Gasteiger partial charge on any atom is 0.348 e. The van der Waals surface area contributed by atoms with Gasteiger partial charge in [-0.25, -0.2) is 9.78 Å². The molecule has 0 atom stereocenters. The fourth-order valence-corrected chi connectivity index (χ4v) is 4.54. The lowest BCUT2D eigenvalue weighted by molar-refractivity contribution is -0.133. The Bertz CT molecular complexity index is 1060. The zero-order valence-corrected chi connectivity index (χ0v) is 16.1. The molecule has 9 heteroatoms. The van der Waals surface area contributed by atoms with Gasteiger partial charge in [-0.3, -0.25) is 19.1 Å². The summed E-state index contributed by atoms with van der Waals surface area (Å²) in [6.45, 7) is 4.69. The van der Waals surface area contributed by atoms with Crippen LogP contribution in [0.25, 0.3) is 0 Å². The van der Waals surface area contributed by atoms with E-state index in [9.17, 15) is 14.4 Å². The van der Waals surface area contributed by atoms with Crippen LogP contribution < -0.4 is 17.0 Å². The van der Waals surface area contributed by atoms with E-state index in [-0.39, 0.29) is 29.4 Å². The summed E-state index contributed by atoms with van der Waals surface area (Å²) >= 11 is 0. The van der Waals surface area contributed by atoms with Gasteiger partial charge >= 0.3 is 5.69 Å². The van der Waals surface area contributed by atoms with Crippen LogP contribution in [0, 0.1) is 13.8 Å². The monoisotopic (exact) mass is 384 g/mol. The molecule has 2 aromatic heterocycles. The lowest BCUT2D eigenvalue weighted by atomic mass is 9.76. The van der Waals surface area contributed by atoms with Crippen molar-refractivity contribution in [2.45, 2.75) is 51.5 Å². The third-order valence-corrected chi connectivity index (χ3v) is 6.10. The highest BCUT2D eigenvalue weighted by Crippen LogP contribution is 2.44. The van der Waals surface area contributed by atoms with Gasteiger partial charge in [0.25, 0.3) is 5.56 Å². The fraction of sp³-hybridized carbons (Fsp3) is 0.526. The van der Waals surface area contributed by atoms with Crippen LogP contribution in [0.5, 0.6) is 0 Å². The van der Waals surface area contributed by atoms with Crippen molar-refractivity contribution in [2.24, 2.45) is 0 Å². The molecule has 0 bridgehead atoms. The minimum absolute atomic E-state index is 0.00754. The van der Waals surface area contributed by atoms with Crippen LogP contribution >= 0.6 is 0 Å². The number of carbonyl (C=O) groups is 1. The first kappa shape index (κ1) is 18.4. The summed E-state index contributed by atoms with van der Waals surface area (Å²) in [5, 5.41) is 0. The number of H-pyrrole nitrogens is 1. The van der Waals surface area contributed by atoms with E-state index >= 15 is 0 Å². The Morgan fingerprint density at radius 1 is 1.21 bits per heavy atom. The molecule has 9 nitrogen and oxygen atoms in total. The molecule has 2 aliphatic rings. The minimum atomic E-state index is -0.400. The third-order valence-electron chi connectivity index (χ3n) is 6.10. The van der Waals surface area contributed by atoms with Gasteiger partial charge in [0.05, 0.1) is 5.69 Å². The van der Waals surface area contributed by atoms with E-state index in [2.05, 4.69) is 15.0 Å². The molecular weight excluding hydrogens is 360 g/mol. The molecule has 148 valence electrons. The minimum Gasteiger partial charge on any atom is -0.369 e. The van der Waals surface area contributed by atoms with Gasteiger partial charge in [0.1, 0.15) is 6.54 Å². The van der Waals surface area contributed by atoms with E-state index in [0.29, 0.717) is 25.2 Å². The van der Waals surface area contributed by atoms with E-state index in [4.69, 9.17) is 5.73 Å². The summed E-state index contributed by atoms with van der Waals surface area (Å²) < 4.78 is 1.41. The Morgan fingerprint density at radius 3 is 2.61 bits per heavy atom. The topological polar surface area (TPSA) is 127 Å². The maximum absolute atomic E-state index is 12.8. The smallest absolute Gasteiger partial charge is 0.348 e. The standard InChI is InChI=1S/C19H24N6O3/c1-11-9-12(2)25(18(28)21-11)10-14(26)24-7-5-19(6-8-24)4-3-13-15(19)22-17(20)23-16(13)27/h9H,3-8,10H2,1-2H3,(H3,20,22,23,27). The number of likely N-dealkylation sites (tertiary alicyclic amines) is 1. The molecule has 1 amide bonds. The molecule has 3 N–H and O–H groups in total. The van der Waals surface area contributed by atoms with Gasteiger partial charge in [-0.05, 0) is 45.6 Å². The number of nitrogens with zero attached hydrogens (tertiary/aromatic N) is 4. The number of nitrogens with one attached hydrogen (secondary N) is 1. The SMILES string of the molecule is Cc1cc(C)n(CC(=O)N2CCC3(CCc4c3nc(N)[nH]c4=O)CC2)c(=O)n1. The van der Waals surface area contributed by atoms with Crippen molar-refractivity contribution in [3.05, 3.63) is 49.5 Å².